The number of nitrogens with one attached hydrogen (secondary N) is 3. The zero-order valence-corrected chi connectivity index (χ0v) is 17.4. The first-order chi connectivity index (χ1) is 13.5. The number of carbonyl (C=O) groups excluding carboxylic acids is 1. The van der Waals surface area contributed by atoms with Gasteiger partial charge in [-0.3, -0.25) is 4.79 Å². The number of carbonyl (C=O) groups is 1. The van der Waals surface area contributed by atoms with Gasteiger partial charge >= 0.3 is 0 Å². The second-order valence-electron chi connectivity index (χ2n) is 7.54. The Morgan fingerprint density at radius 2 is 1.64 bits per heavy atom. The van der Waals surface area contributed by atoms with Crippen LogP contribution in [-0.2, 0) is 11.3 Å². The SMILES string of the molecule is COc1ccc(C[NH+]2CC[NH+](CC(=O)N[C@H](C)c3ccc(Cl)cc3)CC2)cc1. The number of halogens is 1. The summed E-state index contributed by atoms with van der Waals surface area (Å²) in [6.45, 7) is 7.78. The van der Waals surface area contributed by atoms with Crippen LogP contribution < -0.4 is 19.9 Å². The molecule has 1 saturated heterocycles. The van der Waals surface area contributed by atoms with E-state index in [0.29, 0.717) is 11.6 Å². The third-order valence-electron chi connectivity index (χ3n) is 5.44. The van der Waals surface area contributed by atoms with Gasteiger partial charge in [-0.2, -0.15) is 0 Å². The Kier molecular flexibility index (Phi) is 7.31. The molecule has 1 amide bonds. The van der Waals surface area contributed by atoms with Crippen molar-refractivity contribution < 1.29 is 19.3 Å². The van der Waals surface area contributed by atoms with Gasteiger partial charge in [0.05, 0.1) is 13.2 Å². The summed E-state index contributed by atoms with van der Waals surface area (Å²) in [7, 11) is 1.69. The first kappa shape index (κ1) is 20.6. The van der Waals surface area contributed by atoms with Crippen molar-refractivity contribution in [3.05, 3.63) is 64.7 Å². The summed E-state index contributed by atoms with van der Waals surface area (Å²) < 4.78 is 5.22. The number of ether oxygens (including phenoxy) is 1. The highest BCUT2D eigenvalue weighted by Crippen LogP contribution is 2.15. The molecule has 1 heterocycles. The Morgan fingerprint density at radius 3 is 2.25 bits per heavy atom. The van der Waals surface area contributed by atoms with Crippen molar-refractivity contribution in [3.8, 4) is 5.75 Å². The van der Waals surface area contributed by atoms with Gasteiger partial charge in [0.1, 0.15) is 38.5 Å². The molecule has 0 saturated carbocycles. The molecule has 1 atom stereocenters. The molecule has 3 N–H and O–H groups in total. The Labute approximate surface area is 172 Å². The predicted octanol–water partition coefficient (Wildman–Crippen LogP) is 0.509. The van der Waals surface area contributed by atoms with Gasteiger partial charge in [-0.05, 0) is 48.9 Å². The molecule has 150 valence electrons. The summed E-state index contributed by atoms with van der Waals surface area (Å²) in [6, 6.07) is 15.9. The topological polar surface area (TPSA) is 47.2 Å². The number of hydrogen-bond donors (Lipinski definition) is 3. The summed E-state index contributed by atoms with van der Waals surface area (Å²) in [4.78, 5) is 15.4. The molecule has 2 aromatic carbocycles. The lowest BCUT2D eigenvalue weighted by Gasteiger charge is -2.29. The Bertz CT molecular complexity index is 756. The van der Waals surface area contributed by atoms with Crippen molar-refractivity contribution in [1.29, 1.82) is 0 Å². The molecular weight excluding hydrogens is 374 g/mol. The van der Waals surface area contributed by atoms with Crippen LogP contribution in [0.5, 0.6) is 5.75 Å². The van der Waals surface area contributed by atoms with Gasteiger partial charge in [0.2, 0.25) is 0 Å². The number of hydrogen-bond acceptors (Lipinski definition) is 2. The van der Waals surface area contributed by atoms with Crippen molar-refractivity contribution in [2.45, 2.75) is 19.5 Å². The third kappa shape index (κ3) is 5.96. The number of piperazine rings is 1. The molecule has 5 nitrogen and oxygen atoms in total. The average molecular weight is 404 g/mol. The van der Waals surface area contributed by atoms with Gasteiger partial charge in [-0.15, -0.1) is 0 Å². The van der Waals surface area contributed by atoms with Gasteiger partial charge < -0.3 is 19.9 Å². The standard InChI is InChI=1S/C22H28ClN3O2/c1-17(19-5-7-20(23)8-6-19)24-22(27)16-26-13-11-25(12-14-26)15-18-3-9-21(28-2)10-4-18/h3-10,17H,11-16H2,1-2H3,(H,24,27)/p+2/t17-/m1/s1. The first-order valence-corrected chi connectivity index (χ1v) is 10.3. The number of benzene rings is 2. The molecule has 0 aliphatic carbocycles. The first-order valence-electron chi connectivity index (χ1n) is 9.88. The average Bonchev–Trinajstić information content (AvgIpc) is 2.70. The van der Waals surface area contributed by atoms with E-state index < -0.39 is 0 Å². The monoisotopic (exact) mass is 403 g/mol. The van der Waals surface area contributed by atoms with Gasteiger partial charge in [0.15, 0.2) is 6.54 Å². The molecule has 0 bridgehead atoms. The van der Waals surface area contributed by atoms with Crippen LogP contribution in [0.15, 0.2) is 48.5 Å². The predicted molar refractivity (Wildman–Crippen MR) is 111 cm³/mol. The molecule has 0 spiro atoms. The van der Waals surface area contributed by atoms with E-state index in [0.717, 1.165) is 44.0 Å². The molecule has 3 rings (SSSR count). The highest BCUT2D eigenvalue weighted by atomic mass is 35.5. The fourth-order valence-corrected chi connectivity index (χ4v) is 3.82. The van der Waals surface area contributed by atoms with Gasteiger partial charge in [-0.1, -0.05) is 23.7 Å². The number of rotatable bonds is 7. The lowest BCUT2D eigenvalue weighted by atomic mass is 10.1. The van der Waals surface area contributed by atoms with Crippen LogP contribution in [0, 0.1) is 0 Å². The van der Waals surface area contributed by atoms with E-state index >= 15 is 0 Å². The molecule has 1 aliphatic rings. The molecule has 0 unspecified atom stereocenters. The number of amides is 1. The van der Waals surface area contributed by atoms with E-state index in [9.17, 15) is 4.79 Å². The Hall–Kier alpha value is -2.08. The van der Waals surface area contributed by atoms with Crippen LogP contribution >= 0.6 is 11.6 Å². The van der Waals surface area contributed by atoms with Crippen molar-refractivity contribution >= 4 is 17.5 Å². The minimum absolute atomic E-state index is 0.00819. The van der Waals surface area contributed by atoms with Crippen LogP contribution in [0.3, 0.4) is 0 Å². The number of methoxy groups -OCH3 is 1. The van der Waals surface area contributed by atoms with E-state index in [2.05, 4.69) is 17.4 Å². The summed E-state index contributed by atoms with van der Waals surface area (Å²) in [5.41, 5.74) is 2.40. The summed E-state index contributed by atoms with van der Waals surface area (Å²) in [5.74, 6) is 1.00. The molecule has 2 aromatic rings. The maximum absolute atomic E-state index is 12.4. The molecule has 6 heteroatoms. The second-order valence-corrected chi connectivity index (χ2v) is 7.98. The normalized spacial score (nSPS) is 20.4. The van der Waals surface area contributed by atoms with Crippen molar-refractivity contribution in [2.24, 2.45) is 0 Å². The van der Waals surface area contributed by atoms with E-state index in [1.807, 2.05) is 43.3 Å². The highest BCUT2D eigenvalue weighted by Gasteiger charge is 2.25. The minimum atomic E-state index is -0.00819. The van der Waals surface area contributed by atoms with E-state index in [-0.39, 0.29) is 11.9 Å². The molecule has 1 aliphatic heterocycles. The van der Waals surface area contributed by atoms with Crippen LogP contribution in [-0.4, -0.2) is 45.7 Å². The van der Waals surface area contributed by atoms with Crippen LogP contribution in [0.25, 0.3) is 0 Å². The fourth-order valence-electron chi connectivity index (χ4n) is 3.70. The minimum Gasteiger partial charge on any atom is -0.497 e. The summed E-state index contributed by atoms with van der Waals surface area (Å²) >= 11 is 5.93. The van der Waals surface area contributed by atoms with Crippen LogP contribution in [0.2, 0.25) is 5.02 Å². The quantitative estimate of drug-likeness (QED) is 0.631. The molecular formula is C22H30ClN3O2+2. The maximum Gasteiger partial charge on any atom is 0.275 e. The van der Waals surface area contributed by atoms with Crippen molar-refractivity contribution in [3.63, 3.8) is 0 Å². The molecule has 0 aromatic heterocycles. The van der Waals surface area contributed by atoms with Gasteiger partial charge in [0, 0.05) is 10.6 Å². The number of quaternary nitrogens is 2. The second kappa shape index (κ2) is 9.92. The smallest absolute Gasteiger partial charge is 0.275 e. The summed E-state index contributed by atoms with van der Waals surface area (Å²) in [6.07, 6.45) is 0. The lowest BCUT2D eigenvalue weighted by Crippen LogP contribution is -3.28. The Morgan fingerprint density at radius 1 is 1.04 bits per heavy atom. The van der Waals surface area contributed by atoms with Crippen LogP contribution in [0.1, 0.15) is 24.1 Å². The van der Waals surface area contributed by atoms with E-state index in [1.54, 1.807) is 12.0 Å². The largest absolute Gasteiger partial charge is 0.497 e. The van der Waals surface area contributed by atoms with Gasteiger partial charge in [-0.25, -0.2) is 0 Å². The molecule has 0 radical (unpaired) electrons. The zero-order valence-electron chi connectivity index (χ0n) is 16.6. The fraction of sp³-hybridized carbons (Fsp3) is 0.409. The zero-order chi connectivity index (χ0) is 19.9. The van der Waals surface area contributed by atoms with Gasteiger partial charge in [0.25, 0.3) is 5.91 Å². The molecule has 28 heavy (non-hydrogen) atoms. The third-order valence-corrected chi connectivity index (χ3v) is 5.69. The lowest BCUT2D eigenvalue weighted by molar-refractivity contribution is -1.02. The van der Waals surface area contributed by atoms with E-state index in [1.165, 1.54) is 10.5 Å². The highest BCUT2D eigenvalue weighted by molar-refractivity contribution is 6.30. The van der Waals surface area contributed by atoms with E-state index in [4.69, 9.17) is 16.3 Å². The maximum atomic E-state index is 12.4. The van der Waals surface area contributed by atoms with Crippen LogP contribution in [0.4, 0.5) is 0 Å². The Balaban J connectivity index is 1.40. The molecule has 1 fully saturated rings. The summed E-state index contributed by atoms with van der Waals surface area (Å²) in [5, 5.41) is 3.81. The van der Waals surface area contributed by atoms with Crippen molar-refractivity contribution in [2.75, 3.05) is 39.8 Å². The van der Waals surface area contributed by atoms with Crippen molar-refractivity contribution in [1.82, 2.24) is 5.32 Å².